The van der Waals surface area contributed by atoms with Crippen LogP contribution in [0.3, 0.4) is 0 Å². The smallest absolute Gasteiger partial charge is 0.255 e. The van der Waals surface area contributed by atoms with Crippen molar-refractivity contribution in [3.05, 3.63) is 82.9 Å². The summed E-state index contributed by atoms with van der Waals surface area (Å²) in [5.41, 5.74) is 2.05. The third-order valence-corrected chi connectivity index (χ3v) is 6.14. The molecule has 9 heteroatoms. The molecule has 0 aliphatic heterocycles. The van der Waals surface area contributed by atoms with Gasteiger partial charge in [0.1, 0.15) is 11.5 Å². The van der Waals surface area contributed by atoms with Gasteiger partial charge in [-0.25, -0.2) is 8.42 Å². The van der Waals surface area contributed by atoms with Crippen LogP contribution in [0.1, 0.15) is 15.9 Å². The molecule has 32 heavy (non-hydrogen) atoms. The largest absolute Gasteiger partial charge is 0.495 e. The highest BCUT2D eigenvalue weighted by Crippen LogP contribution is 2.36. The number of anilines is 2. The molecule has 0 aromatic heterocycles. The molecule has 0 atom stereocenters. The fourth-order valence-corrected chi connectivity index (χ4v) is 4.20. The molecule has 0 unspecified atom stereocenters. The van der Waals surface area contributed by atoms with Gasteiger partial charge in [0.05, 0.1) is 43.4 Å². The number of methoxy groups -OCH3 is 2. The second kappa shape index (κ2) is 9.93. The molecule has 0 bridgehead atoms. The maximum Gasteiger partial charge on any atom is 0.255 e. The van der Waals surface area contributed by atoms with Crippen LogP contribution in [0.15, 0.2) is 66.7 Å². The van der Waals surface area contributed by atoms with Crippen molar-refractivity contribution < 1.29 is 22.7 Å². The van der Waals surface area contributed by atoms with Gasteiger partial charge in [0.25, 0.3) is 5.91 Å². The minimum atomic E-state index is -3.53. The van der Waals surface area contributed by atoms with Gasteiger partial charge < -0.3 is 14.8 Å². The Kier molecular flexibility index (Phi) is 7.27. The zero-order chi connectivity index (χ0) is 23.3. The molecule has 0 aliphatic carbocycles. The van der Waals surface area contributed by atoms with Crippen molar-refractivity contribution in [2.24, 2.45) is 0 Å². The first-order valence-electron chi connectivity index (χ1n) is 9.57. The molecular formula is C23H23ClN2O5S. The number of nitrogens with one attached hydrogen (secondary N) is 1. The monoisotopic (exact) mass is 474 g/mol. The number of hydrogen-bond acceptors (Lipinski definition) is 5. The van der Waals surface area contributed by atoms with E-state index in [1.54, 1.807) is 36.4 Å². The van der Waals surface area contributed by atoms with Gasteiger partial charge in [-0.15, -0.1) is 0 Å². The van der Waals surface area contributed by atoms with Gasteiger partial charge in [0.2, 0.25) is 10.0 Å². The molecule has 1 amide bonds. The van der Waals surface area contributed by atoms with Crippen molar-refractivity contribution in [2.75, 3.05) is 30.1 Å². The van der Waals surface area contributed by atoms with Crippen LogP contribution in [0.25, 0.3) is 0 Å². The standard InChI is InChI=1S/C23H23ClN2O5S/c1-30-21-14-20(22(31-2)13-19(21)24)25-23(27)17-9-11-18(12-10-17)26(32(3,28)29)15-16-7-5-4-6-8-16/h4-14H,15H2,1-3H3,(H,25,27). The van der Waals surface area contributed by atoms with Gasteiger partial charge in [0, 0.05) is 17.7 Å². The van der Waals surface area contributed by atoms with E-state index in [0.717, 1.165) is 11.8 Å². The van der Waals surface area contributed by atoms with Crippen molar-refractivity contribution in [2.45, 2.75) is 6.54 Å². The Morgan fingerprint density at radius 1 is 0.969 bits per heavy atom. The second-order valence-corrected chi connectivity index (χ2v) is 9.26. The number of hydrogen-bond donors (Lipinski definition) is 1. The first kappa shape index (κ1) is 23.4. The number of nitrogens with zero attached hydrogens (tertiary/aromatic N) is 1. The van der Waals surface area contributed by atoms with Crippen molar-refractivity contribution in [3.8, 4) is 11.5 Å². The molecular weight excluding hydrogens is 452 g/mol. The van der Waals surface area contributed by atoms with E-state index in [2.05, 4.69) is 5.32 Å². The Hall–Kier alpha value is -3.23. The second-order valence-electron chi connectivity index (χ2n) is 6.94. The Morgan fingerprint density at radius 3 is 2.16 bits per heavy atom. The predicted octanol–water partition coefficient (Wildman–Crippen LogP) is 4.58. The molecule has 3 rings (SSSR count). The predicted molar refractivity (Wildman–Crippen MR) is 126 cm³/mol. The van der Waals surface area contributed by atoms with Crippen molar-refractivity contribution in [1.82, 2.24) is 0 Å². The van der Waals surface area contributed by atoms with Crippen molar-refractivity contribution in [1.29, 1.82) is 0 Å². The topological polar surface area (TPSA) is 84.9 Å². The van der Waals surface area contributed by atoms with Crippen LogP contribution in [0.5, 0.6) is 11.5 Å². The fourth-order valence-electron chi connectivity index (χ4n) is 3.08. The van der Waals surface area contributed by atoms with Gasteiger partial charge in [-0.1, -0.05) is 41.9 Å². The lowest BCUT2D eigenvalue weighted by Crippen LogP contribution is -2.29. The highest BCUT2D eigenvalue weighted by molar-refractivity contribution is 7.92. The first-order valence-corrected chi connectivity index (χ1v) is 11.8. The summed E-state index contributed by atoms with van der Waals surface area (Å²) in [5.74, 6) is 0.378. The Balaban J connectivity index is 1.83. The van der Waals surface area contributed by atoms with E-state index in [0.29, 0.717) is 33.5 Å². The lowest BCUT2D eigenvalue weighted by atomic mass is 10.1. The van der Waals surface area contributed by atoms with E-state index in [-0.39, 0.29) is 6.54 Å². The van der Waals surface area contributed by atoms with Crippen LogP contribution in [-0.2, 0) is 16.6 Å². The highest BCUT2D eigenvalue weighted by Gasteiger charge is 2.19. The molecule has 0 fully saturated rings. The number of ether oxygens (including phenoxy) is 2. The number of amides is 1. The van der Waals surface area contributed by atoms with Gasteiger partial charge in [-0.05, 0) is 29.8 Å². The molecule has 0 saturated carbocycles. The quantitative estimate of drug-likeness (QED) is 0.516. The minimum absolute atomic E-state index is 0.187. The molecule has 0 radical (unpaired) electrons. The summed E-state index contributed by atoms with van der Waals surface area (Å²) in [6, 6.07) is 18.7. The maximum atomic E-state index is 12.8. The zero-order valence-electron chi connectivity index (χ0n) is 17.8. The number of carbonyl (C=O) groups excluding carboxylic acids is 1. The average molecular weight is 475 g/mol. The van der Waals surface area contributed by atoms with E-state index in [9.17, 15) is 13.2 Å². The average Bonchev–Trinajstić information content (AvgIpc) is 2.78. The fraction of sp³-hybridized carbons (Fsp3) is 0.174. The van der Waals surface area contributed by atoms with Crippen molar-refractivity contribution in [3.63, 3.8) is 0 Å². The van der Waals surface area contributed by atoms with Crippen LogP contribution in [0.2, 0.25) is 5.02 Å². The summed E-state index contributed by atoms with van der Waals surface area (Å²) in [4.78, 5) is 12.8. The molecule has 1 N–H and O–H groups in total. The van der Waals surface area contributed by atoms with E-state index >= 15 is 0 Å². The molecule has 3 aromatic carbocycles. The molecule has 0 saturated heterocycles. The summed E-state index contributed by atoms with van der Waals surface area (Å²) in [6.07, 6.45) is 1.15. The first-order chi connectivity index (χ1) is 15.2. The lowest BCUT2D eigenvalue weighted by molar-refractivity contribution is 0.102. The van der Waals surface area contributed by atoms with Crippen molar-refractivity contribution >= 4 is 38.9 Å². The van der Waals surface area contributed by atoms with E-state index < -0.39 is 15.9 Å². The summed E-state index contributed by atoms with van der Waals surface area (Å²) in [7, 11) is -0.588. The van der Waals surface area contributed by atoms with Gasteiger partial charge >= 0.3 is 0 Å². The number of benzene rings is 3. The molecule has 7 nitrogen and oxygen atoms in total. The number of halogens is 1. The molecule has 0 spiro atoms. The summed E-state index contributed by atoms with van der Waals surface area (Å²) in [5, 5.41) is 3.12. The SMILES string of the molecule is COc1cc(NC(=O)c2ccc(N(Cc3ccccc3)S(C)(=O)=O)cc2)c(OC)cc1Cl. The van der Waals surface area contributed by atoms with E-state index in [1.165, 1.54) is 18.5 Å². The number of sulfonamides is 1. The highest BCUT2D eigenvalue weighted by atomic mass is 35.5. The van der Waals surface area contributed by atoms with Gasteiger partial charge in [0.15, 0.2) is 0 Å². The summed E-state index contributed by atoms with van der Waals surface area (Å²) >= 11 is 6.10. The Morgan fingerprint density at radius 2 is 1.59 bits per heavy atom. The van der Waals surface area contributed by atoms with Crippen LogP contribution in [0.4, 0.5) is 11.4 Å². The van der Waals surface area contributed by atoms with E-state index in [1.807, 2.05) is 30.3 Å². The molecule has 168 valence electrons. The van der Waals surface area contributed by atoms with Gasteiger partial charge in [-0.3, -0.25) is 9.10 Å². The van der Waals surface area contributed by atoms with Crippen LogP contribution in [0, 0.1) is 0 Å². The molecule has 3 aromatic rings. The van der Waals surface area contributed by atoms with Gasteiger partial charge in [-0.2, -0.15) is 0 Å². The third kappa shape index (κ3) is 5.52. The Labute approximate surface area is 192 Å². The van der Waals surface area contributed by atoms with Crippen LogP contribution >= 0.6 is 11.6 Å². The molecule has 0 heterocycles. The normalized spacial score (nSPS) is 11.0. The maximum absolute atomic E-state index is 12.8. The summed E-state index contributed by atoms with van der Waals surface area (Å²) in [6.45, 7) is 0.187. The lowest BCUT2D eigenvalue weighted by Gasteiger charge is -2.22. The minimum Gasteiger partial charge on any atom is -0.495 e. The Bertz CT molecular complexity index is 1200. The molecule has 0 aliphatic rings. The number of rotatable bonds is 8. The van der Waals surface area contributed by atoms with E-state index in [4.69, 9.17) is 21.1 Å². The number of carbonyl (C=O) groups is 1. The van der Waals surface area contributed by atoms with Crippen LogP contribution in [-0.4, -0.2) is 34.8 Å². The summed E-state index contributed by atoms with van der Waals surface area (Å²) < 4.78 is 36.5. The third-order valence-electron chi connectivity index (χ3n) is 4.71. The zero-order valence-corrected chi connectivity index (χ0v) is 19.4. The van der Waals surface area contributed by atoms with Crippen LogP contribution < -0.4 is 19.1 Å².